The molecule has 4 nitrogen and oxygen atoms in total. The number of rotatable bonds is 4. The molecule has 3 heterocycles. The third-order valence-electron chi connectivity index (χ3n) is 6.32. The molecular weight excluding hydrogens is 450 g/mol. The molecule has 0 bridgehead atoms. The fourth-order valence-electron chi connectivity index (χ4n) is 4.33. The second kappa shape index (κ2) is 8.65. The highest BCUT2D eigenvalue weighted by atomic mass is 35.5. The summed E-state index contributed by atoms with van der Waals surface area (Å²) in [7, 11) is 0. The van der Waals surface area contributed by atoms with E-state index in [1.165, 1.54) is 11.1 Å². The molecule has 2 aromatic heterocycles. The Balaban J connectivity index is 1.62. The van der Waals surface area contributed by atoms with Crippen LogP contribution in [0.3, 0.4) is 0 Å². The van der Waals surface area contributed by atoms with Crippen LogP contribution in [-0.2, 0) is 0 Å². The van der Waals surface area contributed by atoms with E-state index < -0.39 is 0 Å². The molecule has 0 spiro atoms. The number of benzene rings is 2. The minimum atomic E-state index is -0.192. The number of nitrogens with one attached hydrogen (secondary N) is 1. The Kier molecular flexibility index (Phi) is 5.69. The predicted molar refractivity (Wildman–Crippen MR) is 138 cm³/mol. The highest BCUT2D eigenvalue weighted by Gasteiger charge is 2.42. The molecule has 2 atom stereocenters. The first kappa shape index (κ1) is 21.7. The summed E-state index contributed by atoms with van der Waals surface area (Å²) in [5.74, 6) is 1.59. The molecular formula is C27H24ClN3OS. The molecule has 2 unspecified atom stereocenters. The van der Waals surface area contributed by atoms with Crippen LogP contribution in [0.4, 0.5) is 5.69 Å². The van der Waals surface area contributed by atoms with E-state index in [2.05, 4.69) is 47.2 Å². The van der Waals surface area contributed by atoms with Crippen LogP contribution in [0.2, 0.25) is 5.02 Å². The summed E-state index contributed by atoms with van der Waals surface area (Å²) in [6.07, 6.45) is 1.80. The molecule has 6 heteroatoms. The second-order valence-electron chi connectivity index (χ2n) is 8.38. The first-order valence-electron chi connectivity index (χ1n) is 10.9. The number of aryl methyl sites for hydroxylation is 2. The van der Waals surface area contributed by atoms with Crippen molar-refractivity contribution in [1.29, 1.82) is 0 Å². The maximum absolute atomic E-state index is 6.47. The molecule has 0 radical (unpaired) electrons. The van der Waals surface area contributed by atoms with Crippen molar-refractivity contribution < 1.29 is 4.42 Å². The zero-order valence-corrected chi connectivity index (χ0v) is 20.2. The Hall–Kier alpha value is -3.15. The van der Waals surface area contributed by atoms with Gasteiger partial charge in [-0.25, -0.2) is 0 Å². The molecule has 0 aliphatic carbocycles. The number of halogens is 1. The summed E-state index contributed by atoms with van der Waals surface area (Å²) in [5.41, 5.74) is 6.36. The van der Waals surface area contributed by atoms with Crippen LogP contribution in [0.25, 0.3) is 11.3 Å². The number of furan rings is 1. The van der Waals surface area contributed by atoms with Crippen molar-refractivity contribution in [2.75, 3.05) is 4.90 Å². The minimum Gasteiger partial charge on any atom is -0.459 e. The Morgan fingerprint density at radius 1 is 0.970 bits per heavy atom. The first-order valence-corrected chi connectivity index (χ1v) is 11.7. The van der Waals surface area contributed by atoms with E-state index in [1.54, 1.807) is 6.20 Å². The lowest BCUT2D eigenvalue weighted by Gasteiger charge is -2.26. The molecule has 0 amide bonds. The summed E-state index contributed by atoms with van der Waals surface area (Å²) in [6.45, 7) is 6.23. The molecule has 1 aliphatic heterocycles. The van der Waals surface area contributed by atoms with E-state index in [-0.39, 0.29) is 12.1 Å². The van der Waals surface area contributed by atoms with Crippen molar-refractivity contribution in [3.05, 3.63) is 106 Å². The molecule has 0 saturated carbocycles. The molecule has 33 heavy (non-hydrogen) atoms. The zero-order chi connectivity index (χ0) is 23.1. The number of aromatic nitrogens is 1. The Morgan fingerprint density at radius 2 is 1.82 bits per heavy atom. The van der Waals surface area contributed by atoms with Crippen molar-refractivity contribution in [1.82, 2.24) is 10.3 Å². The number of pyridine rings is 1. The molecule has 1 N–H and O–H groups in total. The Bertz CT molecular complexity index is 1330. The fraction of sp³-hybridized carbons (Fsp3) is 0.185. The van der Waals surface area contributed by atoms with Gasteiger partial charge in [-0.3, -0.25) is 4.98 Å². The molecule has 4 aromatic rings. The topological polar surface area (TPSA) is 41.3 Å². The molecule has 1 fully saturated rings. The molecule has 1 saturated heterocycles. The molecule has 166 valence electrons. The average molecular weight is 474 g/mol. The van der Waals surface area contributed by atoms with Gasteiger partial charge in [0.15, 0.2) is 5.11 Å². The zero-order valence-electron chi connectivity index (χ0n) is 18.7. The fourth-order valence-corrected chi connectivity index (χ4v) is 4.85. The van der Waals surface area contributed by atoms with Gasteiger partial charge in [-0.05, 0) is 92.1 Å². The van der Waals surface area contributed by atoms with Gasteiger partial charge in [-0.15, -0.1) is 0 Å². The quantitative estimate of drug-likeness (QED) is 0.320. The highest BCUT2D eigenvalue weighted by Crippen LogP contribution is 2.43. The number of thiocarbonyl (C=S) groups is 1. The Morgan fingerprint density at radius 3 is 2.58 bits per heavy atom. The molecule has 1 aliphatic rings. The first-order chi connectivity index (χ1) is 15.9. The van der Waals surface area contributed by atoms with Crippen LogP contribution in [0.1, 0.15) is 40.2 Å². The van der Waals surface area contributed by atoms with Crippen LogP contribution in [0, 0.1) is 20.8 Å². The number of hydrogen-bond donors (Lipinski definition) is 1. The van der Waals surface area contributed by atoms with Crippen molar-refractivity contribution in [2.24, 2.45) is 0 Å². The van der Waals surface area contributed by atoms with Crippen molar-refractivity contribution >= 4 is 34.6 Å². The van der Waals surface area contributed by atoms with Crippen molar-refractivity contribution in [2.45, 2.75) is 32.9 Å². The van der Waals surface area contributed by atoms with E-state index in [9.17, 15) is 0 Å². The van der Waals surface area contributed by atoms with Gasteiger partial charge in [0.05, 0.1) is 11.7 Å². The lowest BCUT2D eigenvalue weighted by Crippen LogP contribution is -2.29. The van der Waals surface area contributed by atoms with Crippen LogP contribution in [-0.4, -0.2) is 10.1 Å². The highest BCUT2D eigenvalue weighted by molar-refractivity contribution is 7.80. The maximum atomic E-state index is 6.47. The van der Waals surface area contributed by atoms with E-state index in [4.69, 9.17) is 28.2 Å². The van der Waals surface area contributed by atoms with Gasteiger partial charge in [0.2, 0.25) is 0 Å². The van der Waals surface area contributed by atoms with Crippen LogP contribution in [0.5, 0.6) is 0 Å². The van der Waals surface area contributed by atoms with Gasteiger partial charge in [-0.2, -0.15) is 0 Å². The molecule has 2 aromatic carbocycles. The number of nitrogens with zero attached hydrogens (tertiary/aromatic N) is 2. The molecule has 5 rings (SSSR count). The van der Waals surface area contributed by atoms with E-state index in [0.717, 1.165) is 39.1 Å². The van der Waals surface area contributed by atoms with Crippen LogP contribution < -0.4 is 10.2 Å². The second-order valence-corrected chi connectivity index (χ2v) is 9.17. The largest absolute Gasteiger partial charge is 0.459 e. The number of hydrogen-bond acceptors (Lipinski definition) is 3. The van der Waals surface area contributed by atoms with Gasteiger partial charge >= 0.3 is 0 Å². The average Bonchev–Trinajstić information content (AvgIpc) is 3.43. The van der Waals surface area contributed by atoms with Crippen LogP contribution >= 0.6 is 23.8 Å². The standard InChI is InChI=1S/C27H24ClN3OS/c1-16-10-11-19(15-17(16)2)31-26(25(30-27(31)33)22-9-4-5-14-29-22)24-13-12-23(32-24)20-7-6-8-21(28)18(20)3/h4-15,25-26H,1-3H3,(H,30,33). The van der Waals surface area contributed by atoms with E-state index in [1.807, 2.05) is 55.5 Å². The SMILES string of the molecule is Cc1ccc(N2C(=S)NC(c3ccccn3)C2c2ccc(-c3cccc(Cl)c3C)o2)cc1C. The van der Waals surface area contributed by atoms with Gasteiger partial charge in [0, 0.05) is 22.5 Å². The normalized spacial score (nSPS) is 17.9. The van der Waals surface area contributed by atoms with Crippen molar-refractivity contribution in [3.8, 4) is 11.3 Å². The monoisotopic (exact) mass is 473 g/mol. The van der Waals surface area contributed by atoms with E-state index in [0.29, 0.717) is 5.11 Å². The third kappa shape index (κ3) is 3.92. The van der Waals surface area contributed by atoms with Gasteiger partial charge in [0.25, 0.3) is 0 Å². The lowest BCUT2D eigenvalue weighted by molar-refractivity contribution is 0.439. The summed E-state index contributed by atoms with van der Waals surface area (Å²) in [5, 5.41) is 4.85. The summed E-state index contributed by atoms with van der Waals surface area (Å²) in [4.78, 5) is 6.75. The van der Waals surface area contributed by atoms with E-state index >= 15 is 0 Å². The van der Waals surface area contributed by atoms with Gasteiger partial charge in [-0.1, -0.05) is 35.9 Å². The summed E-state index contributed by atoms with van der Waals surface area (Å²) in [6, 6.07) is 21.9. The summed E-state index contributed by atoms with van der Waals surface area (Å²) < 4.78 is 6.47. The summed E-state index contributed by atoms with van der Waals surface area (Å²) >= 11 is 12.2. The van der Waals surface area contributed by atoms with Crippen LogP contribution in [0.15, 0.2) is 77.3 Å². The smallest absolute Gasteiger partial charge is 0.174 e. The van der Waals surface area contributed by atoms with Gasteiger partial charge < -0.3 is 14.6 Å². The maximum Gasteiger partial charge on any atom is 0.174 e. The lowest BCUT2D eigenvalue weighted by atomic mass is 10.0. The number of anilines is 1. The van der Waals surface area contributed by atoms with Gasteiger partial charge in [0.1, 0.15) is 17.6 Å². The predicted octanol–water partition coefficient (Wildman–Crippen LogP) is 7.10. The van der Waals surface area contributed by atoms with Crippen molar-refractivity contribution in [3.63, 3.8) is 0 Å². The minimum absolute atomic E-state index is 0.153. The Labute approximate surface area is 204 Å². The third-order valence-corrected chi connectivity index (χ3v) is 7.04.